The summed E-state index contributed by atoms with van der Waals surface area (Å²) in [5.74, 6) is -0.631. The van der Waals surface area contributed by atoms with Crippen LogP contribution in [0.3, 0.4) is 0 Å². The average molecular weight is 319 g/mol. The monoisotopic (exact) mass is 319 g/mol. The number of amides is 1. The van der Waals surface area contributed by atoms with Crippen LogP contribution < -0.4 is 4.74 Å². The van der Waals surface area contributed by atoms with E-state index in [1.165, 1.54) is 12.8 Å². The van der Waals surface area contributed by atoms with Crippen molar-refractivity contribution in [3.05, 3.63) is 29.8 Å². The zero-order chi connectivity index (χ0) is 16.7. The van der Waals surface area contributed by atoms with Gasteiger partial charge in [0.1, 0.15) is 5.75 Å². The molecule has 126 valence electrons. The number of carboxylic acids is 1. The van der Waals surface area contributed by atoms with E-state index in [1.54, 1.807) is 4.90 Å². The first kappa shape index (κ1) is 17.3. The third-order valence-electron chi connectivity index (χ3n) is 4.17. The highest BCUT2D eigenvalue weighted by atomic mass is 16.5. The summed E-state index contributed by atoms with van der Waals surface area (Å²) >= 11 is 0. The van der Waals surface area contributed by atoms with E-state index in [2.05, 4.69) is 6.92 Å². The SMILES string of the molecule is CCCCCOc1ccc(CCN2CC(C(=O)O)CC2=O)cc1. The number of hydrogen-bond acceptors (Lipinski definition) is 3. The Hall–Kier alpha value is -2.04. The van der Waals surface area contributed by atoms with E-state index in [0.717, 1.165) is 30.8 Å². The molecule has 1 fully saturated rings. The molecule has 0 bridgehead atoms. The maximum Gasteiger partial charge on any atom is 0.308 e. The van der Waals surface area contributed by atoms with Gasteiger partial charge in [-0.2, -0.15) is 0 Å². The van der Waals surface area contributed by atoms with E-state index in [0.29, 0.717) is 13.1 Å². The van der Waals surface area contributed by atoms with E-state index >= 15 is 0 Å². The van der Waals surface area contributed by atoms with Crippen molar-refractivity contribution in [3.63, 3.8) is 0 Å². The number of carbonyl (C=O) groups is 2. The van der Waals surface area contributed by atoms with Gasteiger partial charge in [0, 0.05) is 19.5 Å². The van der Waals surface area contributed by atoms with Crippen LogP contribution in [-0.4, -0.2) is 41.6 Å². The lowest BCUT2D eigenvalue weighted by Crippen LogP contribution is -2.28. The number of unbranched alkanes of at least 4 members (excludes halogenated alkanes) is 2. The van der Waals surface area contributed by atoms with Gasteiger partial charge in [-0.3, -0.25) is 9.59 Å². The standard InChI is InChI=1S/C18H25NO4/c1-2-3-4-11-23-16-7-5-14(6-8-16)9-10-19-13-15(18(21)22)12-17(19)20/h5-8,15H,2-4,9-13H2,1H3,(H,21,22). The first-order chi connectivity index (χ1) is 11.1. The van der Waals surface area contributed by atoms with Crippen molar-refractivity contribution in [2.45, 2.75) is 39.0 Å². The molecule has 1 atom stereocenters. The first-order valence-corrected chi connectivity index (χ1v) is 8.32. The van der Waals surface area contributed by atoms with Crippen LogP contribution in [0.1, 0.15) is 38.2 Å². The molecule has 5 nitrogen and oxygen atoms in total. The normalized spacial score (nSPS) is 17.5. The summed E-state index contributed by atoms with van der Waals surface area (Å²) in [6.07, 6.45) is 4.29. The number of aliphatic carboxylic acids is 1. The largest absolute Gasteiger partial charge is 0.494 e. The van der Waals surface area contributed by atoms with Gasteiger partial charge in [-0.15, -0.1) is 0 Å². The fraction of sp³-hybridized carbons (Fsp3) is 0.556. The topological polar surface area (TPSA) is 66.8 Å². The Morgan fingerprint density at radius 3 is 2.65 bits per heavy atom. The molecule has 1 aliphatic rings. The summed E-state index contributed by atoms with van der Waals surface area (Å²) < 4.78 is 5.67. The molecule has 1 aromatic carbocycles. The Balaban J connectivity index is 1.76. The lowest BCUT2D eigenvalue weighted by atomic mass is 10.1. The maximum atomic E-state index is 11.8. The first-order valence-electron chi connectivity index (χ1n) is 8.32. The van der Waals surface area contributed by atoms with Crippen LogP contribution in [0.2, 0.25) is 0 Å². The lowest BCUT2D eigenvalue weighted by Gasteiger charge is -2.16. The highest BCUT2D eigenvalue weighted by Gasteiger charge is 2.33. The summed E-state index contributed by atoms with van der Waals surface area (Å²) in [5.41, 5.74) is 1.12. The second-order valence-corrected chi connectivity index (χ2v) is 6.03. The average Bonchev–Trinajstić information content (AvgIpc) is 2.92. The third kappa shape index (κ3) is 5.27. The molecule has 1 amide bonds. The molecule has 1 heterocycles. The summed E-state index contributed by atoms with van der Waals surface area (Å²) in [7, 11) is 0. The minimum Gasteiger partial charge on any atom is -0.494 e. The Morgan fingerprint density at radius 2 is 2.04 bits per heavy atom. The van der Waals surface area contributed by atoms with Crippen LogP contribution in [0, 0.1) is 5.92 Å². The van der Waals surface area contributed by atoms with Crippen molar-refractivity contribution in [2.75, 3.05) is 19.7 Å². The summed E-state index contributed by atoms with van der Waals surface area (Å²) in [5, 5.41) is 8.98. The van der Waals surface area contributed by atoms with Crippen molar-refractivity contribution in [3.8, 4) is 5.75 Å². The zero-order valence-corrected chi connectivity index (χ0v) is 13.7. The van der Waals surface area contributed by atoms with Crippen LogP contribution in [0.4, 0.5) is 0 Å². The molecule has 1 aliphatic heterocycles. The lowest BCUT2D eigenvalue weighted by molar-refractivity contribution is -0.141. The van der Waals surface area contributed by atoms with Crippen LogP contribution >= 0.6 is 0 Å². The van der Waals surface area contributed by atoms with Crippen LogP contribution in [0.15, 0.2) is 24.3 Å². The maximum absolute atomic E-state index is 11.8. The van der Waals surface area contributed by atoms with E-state index < -0.39 is 11.9 Å². The van der Waals surface area contributed by atoms with Gasteiger partial charge in [-0.25, -0.2) is 0 Å². The van der Waals surface area contributed by atoms with Gasteiger partial charge in [-0.05, 0) is 30.5 Å². The molecule has 1 aromatic rings. The number of ether oxygens (including phenoxy) is 1. The van der Waals surface area contributed by atoms with Gasteiger partial charge < -0.3 is 14.7 Å². The van der Waals surface area contributed by atoms with Gasteiger partial charge in [0.25, 0.3) is 0 Å². The number of rotatable bonds is 9. The van der Waals surface area contributed by atoms with E-state index in [-0.39, 0.29) is 12.3 Å². The number of hydrogen-bond donors (Lipinski definition) is 1. The van der Waals surface area contributed by atoms with Gasteiger partial charge in [0.05, 0.1) is 12.5 Å². The fourth-order valence-corrected chi connectivity index (χ4v) is 2.71. The van der Waals surface area contributed by atoms with Crippen molar-refractivity contribution in [1.29, 1.82) is 0 Å². The highest BCUT2D eigenvalue weighted by molar-refractivity contribution is 5.86. The Morgan fingerprint density at radius 1 is 1.30 bits per heavy atom. The number of nitrogens with zero attached hydrogens (tertiary/aromatic N) is 1. The minimum atomic E-state index is -0.884. The molecule has 1 saturated heterocycles. The Kier molecular flexibility index (Phi) is 6.44. The van der Waals surface area contributed by atoms with Gasteiger partial charge in [0.2, 0.25) is 5.91 Å². The Bertz CT molecular complexity index is 526. The molecule has 2 rings (SSSR count). The molecular weight excluding hydrogens is 294 g/mol. The van der Waals surface area contributed by atoms with Crippen LogP contribution in [-0.2, 0) is 16.0 Å². The third-order valence-corrected chi connectivity index (χ3v) is 4.17. The van der Waals surface area contributed by atoms with Crippen molar-refractivity contribution < 1.29 is 19.4 Å². The molecule has 0 aromatic heterocycles. The zero-order valence-electron chi connectivity index (χ0n) is 13.7. The second-order valence-electron chi connectivity index (χ2n) is 6.03. The molecule has 23 heavy (non-hydrogen) atoms. The molecule has 1 N–H and O–H groups in total. The smallest absolute Gasteiger partial charge is 0.308 e. The molecular formula is C18H25NO4. The predicted molar refractivity (Wildman–Crippen MR) is 87.5 cm³/mol. The van der Waals surface area contributed by atoms with Gasteiger partial charge >= 0.3 is 5.97 Å². The fourth-order valence-electron chi connectivity index (χ4n) is 2.71. The van der Waals surface area contributed by atoms with E-state index in [9.17, 15) is 9.59 Å². The van der Waals surface area contributed by atoms with Crippen LogP contribution in [0.5, 0.6) is 5.75 Å². The molecule has 0 spiro atoms. The van der Waals surface area contributed by atoms with Crippen molar-refractivity contribution in [2.24, 2.45) is 5.92 Å². The van der Waals surface area contributed by atoms with Crippen molar-refractivity contribution >= 4 is 11.9 Å². The number of carbonyl (C=O) groups excluding carboxylic acids is 1. The summed E-state index contributed by atoms with van der Waals surface area (Å²) in [4.78, 5) is 24.4. The Labute approximate surface area is 137 Å². The van der Waals surface area contributed by atoms with Gasteiger partial charge in [-0.1, -0.05) is 31.9 Å². The minimum absolute atomic E-state index is 0.0618. The molecule has 0 saturated carbocycles. The van der Waals surface area contributed by atoms with E-state index in [1.807, 2.05) is 24.3 Å². The number of benzene rings is 1. The number of carboxylic acid groups (broad SMARTS) is 1. The molecule has 1 unspecified atom stereocenters. The van der Waals surface area contributed by atoms with Crippen LogP contribution in [0.25, 0.3) is 0 Å². The molecule has 0 radical (unpaired) electrons. The molecule has 5 heteroatoms. The second kappa shape index (κ2) is 8.56. The van der Waals surface area contributed by atoms with E-state index in [4.69, 9.17) is 9.84 Å². The quantitative estimate of drug-likeness (QED) is 0.711. The highest BCUT2D eigenvalue weighted by Crippen LogP contribution is 2.19. The van der Waals surface area contributed by atoms with Crippen molar-refractivity contribution in [1.82, 2.24) is 4.90 Å². The summed E-state index contributed by atoms with van der Waals surface area (Å²) in [6.45, 7) is 3.80. The summed E-state index contributed by atoms with van der Waals surface area (Å²) in [6, 6.07) is 7.91. The predicted octanol–water partition coefficient (Wildman–Crippen LogP) is 2.73. The molecule has 0 aliphatic carbocycles. The number of likely N-dealkylation sites (tertiary alicyclic amines) is 1. The van der Waals surface area contributed by atoms with Gasteiger partial charge in [0.15, 0.2) is 0 Å².